The molecular weight excluding hydrogens is 309 g/mol. The highest BCUT2D eigenvalue weighted by Gasteiger charge is 2.16. The van der Waals surface area contributed by atoms with E-state index in [4.69, 9.17) is 0 Å². The molecule has 1 aromatic rings. The van der Waals surface area contributed by atoms with Crippen LogP contribution in [0.15, 0.2) is 18.2 Å². The lowest BCUT2D eigenvalue weighted by molar-refractivity contribution is -0.116. The molecule has 0 radical (unpaired) electrons. The molecule has 0 aromatic heterocycles. The number of amides is 1. The van der Waals surface area contributed by atoms with Gasteiger partial charge in [-0.25, -0.2) is 12.8 Å². The largest absolute Gasteiger partial charge is 0.326 e. The molecule has 3 N–H and O–H groups in total. The smallest absolute Gasteiger partial charge is 0.229 e. The third kappa shape index (κ3) is 5.27. The second kappa shape index (κ2) is 7.06. The number of hydrogen-bond donors (Lipinski definition) is 3. The summed E-state index contributed by atoms with van der Waals surface area (Å²) in [7, 11) is -3.58. The lowest BCUT2D eigenvalue weighted by Crippen LogP contribution is -2.15. The molecule has 1 amide bonds. The molecule has 1 aliphatic heterocycles. The Labute approximate surface area is 129 Å². The van der Waals surface area contributed by atoms with Gasteiger partial charge in [-0.2, -0.15) is 0 Å². The fraction of sp³-hybridized carbons (Fsp3) is 0.500. The summed E-state index contributed by atoms with van der Waals surface area (Å²) < 4.78 is 38.0. The van der Waals surface area contributed by atoms with Gasteiger partial charge in [-0.1, -0.05) is 0 Å². The Morgan fingerprint density at radius 3 is 2.86 bits per heavy atom. The zero-order valence-corrected chi connectivity index (χ0v) is 13.2. The van der Waals surface area contributed by atoms with Gasteiger partial charge < -0.3 is 10.6 Å². The average molecular weight is 329 g/mol. The van der Waals surface area contributed by atoms with E-state index in [9.17, 15) is 17.6 Å². The van der Waals surface area contributed by atoms with E-state index in [-0.39, 0.29) is 11.6 Å². The van der Waals surface area contributed by atoms with Crippen LogP contribution in [0.25, 0.3) is 0 Å². The van der Waals surface area contributed by atoms with E-state index in [0.29, 0.717) is 18.0 Å². The molecule has 22 heavy (non-hydrogen) atoms. The van der Waals surface area contributed by atoms with Crippen molar-refractivity contribution in [1.29, 1.82) is 0 Å². The summed E-state index contributed by atoms with van der Waals surface area (Å²) in [4.78, 5) is 11.9. The van der Waals surface area contributed by atoms with Gasteiger partial charge in [0.1, 0.15) is 5.82 Å². The first kappa shape index (κ1) is 16.7. The standard InChI is InChI=1S/C14H20FN3O3S/c1-22(20,21)18-13-8-11(3-4-12(13)15)17-14(19)5-2-10-6-7-16-9-10/h3-4,8,10,16,18H,2,5-7,9H2,1H3,(H,17,19). The lowest BCUT2D eigenvalue weighted by atomic mass is 10.0. The van der Waals surface area contributed by atoms with Gasteiger partial charge >= 0.3 is 0 Å². The molecule has 1 aliphatic rings. The van der Waals surface area contributed by atoms with Crippen molar-refractivity contribution in [3.05, 3.63) is 24.0 Å². The number of rotatable bonds is 6. The highest BCUT2D eigenvalue weighted by molar-refractivity contribution is 7.92. The summed E-state index contributed by atoms with van der Waals surface area (Å²) in [6.45, 7) is 1.93. The Balaban J connectivity index is 1.94. The molecule has 0 saturated carbocycles. The molecule has 1 unspecified atom stereocenters. The molecule has 2 rings (SSSR count). The Morgan fingerprint density at radius 1 is 1.45 bits per heavy atom. The van der Waals surface area contributed by atoms with E-state index in [1.807, 2.05) is 0 Å². The fourth-order valence-corrected chi connectivity index (χ4v) is 2.96. The minimum atomic E-state index is -3.58. The zero-order valence-electron chi connectivity index (χ0n) is 12.4. The second-order valence-electron chi connectivity index (χ2n) is 5.51. The minimum absolute atomic E-state index is 0.163. The first-order chi connectivity index (χ1) is 10.3. The number of halogens is 1. The number of benzene rings is 1. The molecule has 0 bridgehead atoms. The van der Waals surface area contributed by atoms with Crippen LogP contribution in [0.5, 0.6) is 0 Å². The predicted octanol–water partition coefficient (Wildman–Crippen LogP) is 1.53. The van der Waals surface area contributed by atoms with Gasteiger partial charge in [0.2, 0.25) is 15.9 Å². The monoisotopic (exact) mass is 329 g/mol. The van der Waals surface area contributed by atoms with Crippen molar-refractivity contribution in [3.8, 4) is 0 Å². The van der Waals surface area contributed by atoms with Crippen molar-refractivity contribution in [2.45, 2.75) is 19.3 Å². The van der Waals surface area contributed by atoms with E-state index in [1.54, 1.807) is 0 Å². The van der Waals surface area contributed by atoms with Crippen molar-refractivity contribution in [1.82, 2.24) is 5.32 Å². The van der Waals surface area contributed by atoms with E-state index < -0.39 is 15.8 Å². The van der Waals surface area contributed by atoms with Crippen LogP contribution in [-0.2, 0) is 14.8 Å². The van der Waals surface area contributed by atoms with Crippen molar-refractivity contribution in [2.24, 2.45) is 5.92 Å². The summed E-state index contributed by atoms with van der Waals surface area (Å²) >= 11 is 0. The molecule has 8 heteroatoms. The molecule has 1 heterocycles. The van der Waals surface area contributed by atoms with Gasteiger partial charge in [0.15, 0.2) is 0 Å². The lowest BCUT2D eigenvalue weighted by Gasteiger charge is -2.11. The molecular formula is C14H20FN3O3S. The van der Waals surface area contributed by atoms with Gasteiger partial charge in [-0.3, -0.25) is 9.52 Å². The van der Waals surface area contributed by atoms with Crippen molar-refractivity contribution >= 4 is 27.3 Å². The number of sulfonamides is 1. The Bertz CT molecular complexity index is 643. The topological polar surface area (TPSA) is 87.3 Å². The maximum atomic E-state index is 13.5. The molecule has 0 aliphatic carbocycles. The van der Waals surface area contributed by atoms with Gasteiger partial charge in [-0.05, 0) is 50.0 Å². The first-order valence-electron chi connectivity index (χ1n) is 7.11. The molecule has 1 atom stereocenters. The van der Waals surface area contributed by atoms with Gasteiger partial charge in [0, 0.05) is 12.1 Å². The van der Waals surface area contributed by atoms with Crippen LogP contribution in [-0.4, -0.2) is 33.7 Å². The van der Waals surface area contributed by atoms with E-state index in [1.165, 1.54) is 12.1 Å². The average Bonchev–Trinajstić information content (AvgIpc) is 2.92. The van der Waals surface area contributed by atoms with Crippen LogP contribution < -0.4 is 15.4 Å². The highest BCUT2D eigenvalue weighted by Crippen LogP contribution is 2.21. The predicted molar refractivity (Wildman–Crippen MR) is 83.7 cm³/mol. The van der Waals surface area contributed by atoms with Gasteiger partial charge in [-0.15, -0.1) is 0 Å². The normalized spacial score (nSPS) is 18.2. The van der Waals surface area contributed by atoms with Crippen molar-refractivity contribution < 1.29 is 17.6 Å². The molecule has 0 spiro atoms. The molecule has 1 aromatic carbocycles. The SMILES string of the molecule is CS(=O)(=O)Nc1cc(NC(=O)CCC2CCNC2)ccc1F. The molecule has 1 fully saturated rings. The molecule has 6 nitrogen and oxygen atoms in total. The van der Waals surface area contributed by atoms with Crippen LogP contribution in [0.1, 0.15) is 19.3 Å². The summed E-state index contributed by atoms with van der Waals surface area (Å²) in [6.07, 6.45) is 3.20. The summed E-state index contributed by atoms with van der Waals surface area (Å²) in [5, 5.41) is 5.90. The van der Waals surface area contributed by atoms with Crippen LogP contribution in [0, 0.1) is 11.7 Å². The Morgan fingerprint density at radius 2 is 2.23 bits per heavy atom. The maximum Gasteiger partial charge on any atom is 0.229 e. The number of anilines is 2. The summed E-state index contributed by atoms with van der Waals surface area (Å²) in [6, 6.07) is 3.78. The number of carbonyl (C=O) groups excluding carboxylic acids is 1. The van der Waals surface area contributed by atoms with Crippen molar-refractivity contribution in [3.63, 3.8) is 0 Å². The third-order valence-electron chi connectivity index (χ3n) is 3.49. The molecule has 1 saturated heterocycles. The van der Waals surface area contributed by atoms with Crippen molar-refractivity contribution in [2.75, 3.05) is 29.4 Å². The third-order valence-corrected chi connectivity index (χ3v) is 4.08. The van der Waals surface area contributed by atoms with Gasteiger partial charge in [0.25, 0.3) is 0 Å². The number of carbonyl (C=O) groups is 1. The second-order valence-corrected chi connectivity index (χ2v) is 7.26. The van der Waals surface area contributed by atoms with E-state index >= 15 is 0 Å². The fourth-order valence-electron chi connectivity index (χ4n) is 2.40. The van der Waals surface area contributed by atoms with Crippen LogP contribution in [0.4, 0.5) is 15.8 Å². The van der Waals surface area contributed by atoms with E-state index in [2.05, 4.69) is 15.4 Å². The van der Waals surface area contributed by atoms with Crippen LogP contribution in [0.3, 0.4) is 0 Å². The Kier molecular flexibility index (Phi) is 5.36. The van der Waals surface area contributed by atoms with E-state index in [0.717, 1.165) is 38.3 Å². The minimum Gasteiger partial charge on any atom is -0.326 e. The maximum absolute atomic E-state index is 13.5. The molecule has 122 valence electrons. The van der Waals surface area contributed by atoms with Gasteiger partial charge in [0.05, 0.1) is 11.9 Å². The Hall–Kier alpha value is -1.67. The zero-order chi connectivity index (χ0) is 16.2. The summed E-state index contributed by atoms with van der Waals surface area (Å²) in [5.41, 5.74) is 0.183. The highest BCUT2D eigenvalue weighted by atomic mass is 32.2. The van der Waals surface area contributed by atoms with Crippen LogP contribution >= 0.6 is 0 Å². The first-order valence-corrected chi connectivity index (χ1v) is 9.00. The van der Waals surface area contributed by atoms with Crippen LogP contribution in [0.2, 0.25) is 0 Å². The quantitative estimate of drug-likeness (QED) is 0.738. The number of hydrogen-bond acceptors (Lipinski definition) is 4. The number of nitrogens with one attached hydrogen (secondary N) is 3. The summed E-state index contributed by atoms with van der Waals surface area (Å²) in [5.74, 6) is -0.342.